The summed E-state index contributed by atoms with van der Waals surface area (Å²) in [5.41, 5.74) is 1.79. The van der Waals surface area contributed by atoms with Gasteiger partial charge in [-0.15, -0.1) is 0 Å². The number of amides is 1. The first kappa shape index (κ1) is 22.2. The second-order valence-corrected chi connectivity index (χ2v) is 7.21. The van der Waals surface area contributed by atoms with Gasteiger partial charge in [0.15, 0.2) is 0 Å². The fourth-order valence-corrected chi connectivity index (χ4v) is 2.97. The molecule has 0 aliphatic rings. The van der Waals surface area contributed by atoms with Crippen molar-refractivity contribution in [1.29, 1.82) is 0 Å². The van der Waals surface area contributed by atoms with Gasteiger partial charge in [0.1, 0.15) is 18.5 Å². The lowest BCUT2D eigenvalue weighted by Gasteiger charge is -2.18. The lowest BCUT2D eigenvalue weighted by Crippen LogP contribution is -2.36. The van der Waals surface area contributed by atoms with E-state index in [1.807, 2.05) is 25.1 Å². The zero-order valence-corrected chi connectivity index (χ0v) is 17.2. The van der Waals surface area contributed by atoms with E-state index in [9.17, 15) is 9.90 Å². The van der Waals surface area contributed by atoms with E-state index >= 15 is 0 Å². The quantitative estimate of drug-likeness (QED) is 0.536. The molecule has 28 heavy (non-hydrogen) atoms. The Balaban J connectivity index is 1.71. The molecular formula is C22H29ClN2O3. The molecule has 6 heteroatoms. The van der Waals surface area contributed by atoms with Crippen LogP contribution in [0, 0.1) is 0 Å². The Morgan fingerprint density at radius 1 is 1.21 bits per heavy atom. The summed E-state index contributed by atoms with van der Waals surface area (Å²) < 4.78 is 5.60. The molecule has 2 aromatic rings. The van der Waals surface area contributed by atoms with Crippen LogP contribution in [0.15, 0.2) is 48.5 Å². The van der Waals surface area contributed by atoms with Gasteiger partial charge in [-0.1, -0.05) is 41.9 Å². The number of aliphatic hydroxyl groups excluding tert-OH is 1. The van der Waals surface area contributed by atoms with Crippen LogP contribution in [-0.4, -0.2) is 42.9 Å². The Hall–Kier alpha value is -2.08. The summed E-state index contributed by atoms with van der Waals surface area (Å²) >= 11 is 6.18. The van der Waals surface area contributed by atoms with Gasteiger partial charge in [-0.2, -0.15) is 0 Å². The molecule has 0 radical (unpaired) electrons. The van der Waals surface area contributed by atoms with Gasteiger partial charge in [0.2, 0.25) is 0 Å². The summed E-state index contributed by atoms with van der Waals surface area (Å²) in [6.45, 7) is 5.07. The second-order valence-electron chi connectivity index (χ2n) is 6.80. The molecule has 3 N–H and O–H groups in total. The number of hydrogen-bond donors (Lipinski definition) is 3. The van der Waals surface area contributed by atoms with E-state index in [0.717, 1.165) is 12.8 Å². The minimum Gasteiger partial charge on any atom is -0.489 e. The normalized spacial score (nSPS) is 13.0. The molecule has 0 saturated heterocycles. The molecule has 2 aromatic carbocycles. The number of benzene rings is 2. The fourth-order valence-electron chi connectivity index (χ4n) is 2.73. The van der Waals surface area contributed by atoms with Crippen LogP contribution in [0.25, 0.3) is 0 Å². The first-order chi connectivity index (χ1) is 13.5. The molecule has 152 valence electrons. The Morgan fingerprint density at radius 2 is 1.96 bits per heavy atom. The molecule has 0 saturated carbocycles. The number of ether oxygens (including phenoxy) is 1. The number of carbonyl (C=O) groups is 1. The van der Waals surface area contributed by atoms with Crippen molar-refractivity contribution < 1.29 is 14.6 Å². The summed E-state index contributed by atoms with van der Waals surface area (Å²) in [5.74, 6) is 0.274. The minimum absolute atomic E-state index is 0.124. The standard InChI is InChI=1S/C22H29ClN2O3/c1-3-24-22(27)18-11-12-21(20(23)13-18)28-15-19(26)14-25-16(2)9-10-17-7-5-4-6-8-17/h4-8,11-13,16,19,25-26H,3,9-10,14-15H2,1-2H3,(H,24,27). The zero-order valence-electron chi connectivity index (χ0n) is 16.5. The van der Waals surface area contributed by atoms with Gasteiger partial charge in [-0.05, 0) is 50.5 Å². The van der Waals surface area contributed by atoms with Crippen LogP contribution in [0.5, 0.6) is 5.75 Å². The predicted molar refractivity (Wildman–Crippen MR) is 113 cm³/mol. The molecule has 0 spiro atoms. The molecule has 2 atom stereocenters. The molecule has 0 fully saturated rings. The topological polar surface area (TPSA) is 70.6 Å². The number of rotatable bonds is 11. The molecule has 0 heterocycles. The lowest BCUT2D eigenvalue weighted by molar-refractivity contribution is 0.0954. The minimum atomic E-state index is -0.654. The highest BCUT2D eigenvalue weighted by molar-refractivity contribution is 6.32. The molecule has 5 nitrogen and oxygen atoms in total. The van der Waals surface area contributed by atoms with Gasteiger partial charge >= 0.3 is 0 Å². The highest BCUT2D eigenvalue weighted by Gasteiger charge is 2.12. The largest absolute Gasteiger partial charge is 0.489 e. The van der Waals surface area contributed by atoms with E-state index in [2.05, 4.69) is 29.7 Å². The number of nitrogens with one attached hydrogen (secondary N) is 2. The summed E-state index contributed by atoms with van der Waals surface area (Å²) in [7, 11) is 0. The first-order valence-corrected chi connectivity index (χ1v) is 10.0. The third-order valence-corrected chi connectivity index (χ3v) is 4.67. The maximum absolute atomic E-state index is 11.8. The molecule has 2 unspecified atom stereocenters. The summed E-state index contributed by atoms with van der Waals surface area (Å²) in [4.78, 5) is 11.8. The first-order valence-electron chi connectivity index (χ1n) is 9.65. The number of aliphatic hydroxyl groups is 1. The fraction of sp³-hybridized carbons (Fsp3) is 0.409. The van der Waals surface area contributed by atoms with E-state index < -0.39 is 6.10 Å². The highest BCUT2D eigenvalue weighted by atomic mass is 35.5. The van der Waals surface area contributed by atoms with Crippen LogP contribution in [0.2, 0.25) is 5.02 Å². The molecule has 1 amide bonds. The van der Waals surface area contributed by atoms with Crippen LogP contribution in [0.3, 0.4) is 0 Å². The van der Waals surface area contributed by atoms with Crippen molar-refractivity contribution in [3.05, 3.63) is 64.7 Å². The van der Waals surface area contributed by atoms with Crippen LogP contribution in [-0.2, 0) is 6.42 Å². The Kier molecular flexibility index (Phi) is 9.28. The second kappa shape index (κ2) is 11.7. The molecule has 0 aliphatic heterocycles. The van der Waals surface area contributed by atoms with E-state index in [4.69, 9.17) is 16.3 Å². The van der Waals surface area contributed by atoms with Crippen LogP contribution in [0.4, 0.5) is 0 Å². The third kappa shape index (κ3) is 7.50. The van der Waals surface area contributed by atoms with E-state index in [1.165, 1.54) is 5.56 Å². The van der Waals surface area contributed by atoms with Gasteiger partial charge in [0.05, 0.1) is 5.02 Å². The zero-order chi connectivity index (χ0) is 20.4. The predicted octanol–water partition coefficient (Wildman–Crippen LogP) is 3.44. The Morgan fingerprint density at radius 3 is 2.64 bits per heavy atom. The van der Waals surface area contributed by atoms with Crippen molar-refractivity contribution in [1.82, 2.24) is 10.6 Å². The Labute approximate surface area is 172 Å². The van der Waals surface area contributed by atoms with E-state index in [-0.39, 0.29) is 18.6 Å². The maximum Gasteiger partial charge on any atom is 0.251 e. The summed E-state index contributed by atoms with van der Waals surface area (Å²) in [6.07, 6.45) is 1.33. The van der Waals surface area contributed by atoms with Crippen molar-refractivity contribution in [2.75, 3.05) is 19.7 Å². The number of carbonyl (C=O) groups excluding carboxylic acids is 1. The number of halogens is 1. The number of aryl methyl sites for hydroxylation is 1. The maximum atomic E-state index is 11.8. The lowest BCUT2D eigenvalue weighted by atomic mass is 10.1. The molecule has 0 aliphatic carbocycles. The monoisotopic (exact) mass is 404 g/mol. The highest BCUT2D eigenvalue weighted by Crippen LogP contribution is 2.25. The van der Waals surface area contributed by atoms with Crippen molar-refractivity contribution in [3.63, 3.8) is 0 Å². The van der Waals surface area contributed by atoms with Crippen molar-refractivity contribution in [2.45, 2.75) is 38.8 Å². The van der Waals surface area contributed by atoms with Crippen LogP contribution < -0.4 is 15.4 Å². The SMILES string of the molecule is CCNC(=O)c1ccc(OCC(O)CNC(C)CCc2ccccc2)c(Cl)c1. The average Bonchev–Trinajstić information content (AvgIpc) is 2.70. The summed E-state index contributed by atoms with van der Waals surface area (Å²) in [6, 6.07) is 15.5. The third-order valence-electron chi connectivity index (χ3n) is 4.37. The van der Waals surface area contributed by atoms with Crippen LogP contribution >= 0.6 is 11.6 Å². The van der Waals surface area contributed by atoms with Gasteiger partial charge in [-0.25, -0.2) is 0 Å². The summed E-state index contributed by atoms with van der Waals surface area (Å²) in [5, 5.41) is 16.5. The molecular weight excluding hydrogens is 376 g/mol. The molecule has 0 aromatic heterocycles. The van der Waals surface area contributed by atoms with Crippen molar-refractivity contribution >= 4 is 17.5 Å². The van der Waals surface area contributed by atoms with E-state index in [0.29, 0.717) is 29.4 Å². The average molecular weight is 405 g/mol. The van der Waals surface area contributed by atoms with E-state index in [1.54, 1.807) is 18.2 Å². The van der Waals surface area contributed by atoms with Crippen LogP contribution in [0.1, 0.15) is 36.2 Å². The van der Waals surface area contributed by atoms with Gasteiger partial charge in [-0.3, -0.25) is 4.79 Å². The van der Waals surface area contributed by atoms with Crippen molar-refractivity contribution in [2.24, 2.45) is 0 Å². The van der Waals surface area contributed by atoms with Gasteiger partial charge in [0, 0.05) is 24.7 Å². The smallest absolute Gasteiger partial charge is 0.251 e. The molecule has 2 rings (SSSR count). The van der Waals surface area contributed by atoms with Gasteiger partial charge < -0.3 is 20.5 Å². The van der Waals surface area contributed by atoms with Gasteiger partial charge in [0.25, 0.3) is 5.91 Å². The molecule has 0 bridgehead atoms. The van der Waals surface area contributed by atoms with Crippen molar-refractivity contribution in [3.8, 4) is 5.75 Å². The number of hydrogen-bond acceptors (Lipinski definition) is 4. The Bertz CT molecular complexity index is 740.